The molecule has 0 bridgehead atoms. The van der Waals surface area contributed by atoms with Gasteiger partial charge in [0, 0.05) is 42.2 Å². The van der Waals surface area contributed by atoms with E-state index < -0.39 is 42.8 Å². The SMILES string of the molecule is [2H]C([2H])(O)C([2H])([2H])n1cc(Cc2ncc(-c3ccc(CC(=O)Nc4cc(C5(C(F)(F)F)CC5)on4)c(F)c3)cn2)c(OC)n1. The molecule has 1 aromatic carbocycles. The summed E-state index contributed by atoms with van der Waals surface area (Å²) in [7, 11) is 1.29. The van der Waals surface area contributed by atoms with Gasteiger partial charge in [-0.3, -0.25) is 9.48 Å². The van der Waals surface area contributed by atoms with Gasteiger partial charge in [-0.2, -0.15) is 13.2 Å². The van der Waals surface area contributed by atoms with Gasteiger partial charge in [0.2, 0.25) is 11.8 Å². The van der Waals surface area contributed by atoms with Gasteiger partial charge in [0.1, 0.15) is 17.1 Å². The summed E-state index contributed by atoms with van der Waals surface area (Å²) in [4.78, 5) is 20.9. The van der Waals surface area contributed by atoms with Gasteiger partial charge >= 0.3 is 6.18 Å². The molecule has 5 rings (SSSR count). The van der Waals surface area contributed by atoms with E-state index in [9.17, 15) is 27.5 Å². The second kappa shape index (κ2) is 10.7. The summed E-state index contributed by atoms with van der Waals surface area (Å²) in [6.45, 7) is -6.12. The molecule has 0 spiro atoms. The smallest absolute Gasteiger partial charge is 0.401 e. The number of aromatic nitrogens is 5. The van der Waals surface area contributed by atoms with Crippen molar-refractivity contribution in [1.29, 1.82) is 0 Å². The van der Waals surface area contributed by atoms with Gasteiger partial charge in [0.15, 0.2) is 11.6 Å². The second-order valence-electron chi connectivity index (χ2n) is 9.08. The quantitative estimate of drug-likeness (QED) is 0.278. The van der Waals surface area contributed by atoms with Gasteiger partial charge in [-0.15, -0.1) is 5.10 Å². The van der Waals surface area contributed by atoms with Crippen LogP contribution in [0, 0.1) is 5.82 Å². The largest absolute Gasteiger partial charge is 0.480 e. The van der Waals surface area contributed by atoms with Crippen molar-refractivity contribution < 1.29 is 42.2 Å². The molecule has 2 N–H and O–H groups in total. The molecule has 0 radical (unpaired) electrons. The highest BCUT2D eigenvalue weighted by molar-refractivity contribution is 5.91. The number of aryl methyl sites for hydroxylation is 1. The Labute approximate surface area is 230 Å². The molecular formula is C26H24F4N6O4. The number of carbonyl (C=O) groups excluding carboxylic acids is 1. The maximum atomic E-state index is 14.9. The van der Waals surface area contributed by atoms with Gasteiger partial charge in [-0.1, -0.05) is 17.3 Å². The molecule has 0 atom stereocenters. The van der Waals surface area contributed by atoms with Crippen LogP contribution in [-0.2, 0) is 29.5 Å². The molecule has 10 nitrogen and oxygen atoms in total. The first-order valence-corrected chi connectivity index (χ1v) is 11.8. The number of hydrogen-bond donors (Lipinski definition) is 2. The Hall–Kier alpha value is -4.33. The van der Waals surface area contributed by atoms with Crippen LogP contribution in [0.25, 0.3) is 11.1 Å². The lowest BCUT2D eigenvalue weighted by Crippen LogP contribution is -2.28. The number of amides is 1. The Kier molecular flexibility index (Phi) is 6.00. The number of alkyl halides is 3. The van der Waals surface area contributed by atoms with E-state index in [0.29, 0.717) is 21.4 Å². The number of carbonyl (C=O) groups is 1. The lowest BCUT2D eigenvalue weighted by atomic mass is 10.0. The third-order valence-corrected chi connectivity index (χ3v) is 6.44. The van der Waals surface area contributed by atoms with E-state index in [1.54, 1.807) is 0 Å². The molecule has 4 aromatic rings. The average molecular weight is 565 g/mol. The number of rotatable bonds is 10. The summed E-state index contributed by atoms with van der Waals surface area (Å²) in [5, 5.41) is 19.2. The predicted octanol–water partition coefficient (Wildman–Crippen LogP) is 3.83. The number of methoxy groups -OCH3 is 1. The summed E-state index contributed by atoms with van der Waals surface area (Å²) in [6, 6.07) is 5.11. The highest BCUT2D eigenvalue weighted by Gasteiger charge is 2.66. The predicted molar refractivity (Wildman–Crippen MR) is 132 cm³/mol. The first kappa shape index (κ1) is 22.5. The molecule has 40 heavy (non-hydrogen) atoms. The first-order chi connectivity index (χ1) is 20.5. The van der Waals surface area contributed by atoms with E-state index in [4.69, 9.17) is 14.7 Å². The standard InChI is InChI=1S/C26H24F4N6O4/c1-39-24-17(14-36(34-24)6-7-37)9-21-31-12-18(13-32-21)15-2-3-16(19(27)8-15)10-23(38)33-22-11-20(40-35-22)25(4-5-25)26(28,29)30/h2-3,8,11-14,37H,4-7,9-10H2,1H3,(H,33,35,38)/i6D2,7D2. The van der Waals surface area contributed by atoms with Crippen LogP contribution in [0.3, 0.4) is 0 Å². The van der Waals surface area contributed by atoms with Crippen LogP contribution in [0.2, 0.25) is 0 Å². The van der Waals surface area contributed by atoms with Crippen LogP contribution in [0.5, 0.6) is 5.88 Å². The minimum atomic E-state index is -4.50. The van der Waals surface area contributed by atoms with Crippen LogP contribution in [0.1, 0.15) is 41.0 Å². The fourth-order valence-electron chi connectivity index (χ4n) is 4.15. The Morgan fingerprint density at radius 2 is 1.98 bits per heavy atom. The van der Waals surface area contributed by atoms with Crippen molar-refractivity contribution in [3.8, 4) is 17.0 Å². The first-order valence-electron chi connectivity index (χ1n) is 13.8. The van der Waals surface area contributed by atoms with Crippen molar-refractivity contribution >= 4 is 11.7 Å². The van der Waals surface area contributed by atoms with E-state index in [-0.39, 0.29) is 48.1 Å². The van der Waals surface area contributed by atoms with Crippen molar-refractivity contribution in [2.75, 3.05) is 19.0 Å². The van der Waals surface area contributed by atoms with Crippen molar-refractivity contribution in [3.05, 3.63) is 71.4 Å². The number of nitrogens with zero attached hydrogens (tertiary/aromatic N) is 5. The zero-order valence-electron chi connectivity index (χ0n) is 24.8. The van der Waals surface area contributed by atoms with Crippen molar-refractivity contribution in [2.45, 2.75) is 43.8 Å². The van der Waals surface area contributed by atoms with Gasteiger partial charge in [-0.05, 0) is 30.0 Å². The molecule has 1 aliphatic carbocycles. The zero-order chi connectivity index (χ0) is 32.1. The summed E-state index contributed by atoms with van der Waals surface area (Å²) in [5.41, 5.74) is -0.913. The van der Waals surface area contributed by atoms with Crippen LogP contribution < -0.4 is 10.1 Å². The maximum absolute atomic E-state index is 14.9. The third kappa shape index (κ3) is 5.52. The van der Waals surface area contributed by atoms with Crippen LogP contribution in [0.15, 0.2) is 47.4 Å². The molecule has 0 aliphatic heterocycles. The third-order valence-electron chi connectivity index (χ3n) is 6.44. The topological polar surface area (TPSA) is 128 Å². The average Bonchev–Trinajstić information content (AvgIpc) is 3.48. The van der Waals surface area contributed by atoms with Crippen molar-refractivity contribution in [2.24, 2.45) is 0 Å². The summed E-state index contributed by atoms with van der Waals surface area (Å²) >= 11 is 0. The highest BCUT2D eigenvalue weighted by Crippen LogP contribution is 2.59. The van der Waals surface area contributed by atoms with Gasteiger partial charge in [0.25, 0.3) is 0 Å². The number of benzene rings is 1. The van der Waals surface area contributed by atoms with E-state index in [1.807, 2.05) is 0 Å². The van der Waals surface area contributed by atoms with Crippen LogP contribution >= 0.6 is 0 Å². The van der Waals surface area contributed by atoms with E-state index in [2.05, 4.69) is 25.5 Å². The van der Waals surface area contributed by atoms with Crippen molar-refractivity contribution in [1.82, 2.24) is 24.9 Å². The second-order valence-corrected chi connectivity index (χ2v) is 9.08. The van der Waals surface area contributed by atoms with E-state index in [1.165, 1.54) is 43.9 Å². The summed E-state index contributed by atoms with van der Waals surface area (Å²) in [5.74, 6) is -1.77. The molecule has 1 aliphatic rings. The molecule has 1 fully saturated rings. The number of halogens is 4. The number of hydrogen-bond acceptors (Lipinski definition) is 8. The Bertz CT molecular complexity index is 1680. The number of aliphatic hydroxyl groups is 1. The minimum Gasteiger partial charge on any atom is -0.480 e. The zero-order valence-corrected chi connectivity index (χ0v) is 20.8. The van der Waals surface area contributed by atoms with Crippen LogP contribution in [-0.4, -0.2) is 55.8 Å². The lowest BCUT2D eigenvalue weighted by molar-refractivity contribution is -0.165. The van der Waals surface area contributed by atoms with Crippen molar-refractivity contribution in [3.63, 3.8) is 0 Å². The monoisotopic (exact) mass is 564 g/mol. The lowest BCUT2D eigenvalue weighted by Gasteiger charge is -2.14. The number of ether oxygens (including phenoxy) is 1. The highest BCUT2D eigenvalue weighted by atomic mass is 19.4. The van der Waals surface area contributed by atoms with E-state index in [0.717, 1.165) is 6.07 Å². The summed E-state index contributed by atoms with van der Waals surface area (Å²) in [6.07, 6.45) is -1.15. The number of anilines is 1. The fourth-order valence-corrected chi connectivity index (χ4v) is 4.15. The molecule has 1 saturated carbocycles. The fraction of sp³-hybridized carbons (Fsp3) is 0.346. The Balaban J connectivity index is 1.23. The normalized spacial score (nSPS) is 16.4. The summed E-state index contributed by atoms with van der Waals surface area (Å²) < 4.78 is 95.6. The maximum Gasteiger partial charge on any atom is 0.401 e. The van der Waals surface area contributed by atoms with Gasteiger partial charge < -0.3 is 19.7 Å². The molecular weight excluding hydrogens is 536 g/mol. The van der Waals surface area contributed by atoms with Crippen LogP contribution in [0.4, 0.5) is 23.4 Å². The molecule has 1 amide bonds. The number of nitrogens with one attached hydrogen (secondary N) is 1. The minimum absolute atomic E-state index is 0.0145. The van der Waals surface area contributed by atoms with Gasteiger partial charge in [0.05, 0.1) is 32.1 Å². The Morgan fingerprint density at radius 1 is 1.23 bits per heavy atom. The Morgan fingerprint density at radius 3 is 2.60 bits per heavy atom. The molecule has 0 saturated heterocycles. The van der Waals surface area contributed by atoms with Gasteiger partial charge in [-0.25, -0.2) is 14.4 Å². The molecule has 210 valence electrons. The molecule has 3 heterocycles. The van der Waals surface area contributed by atoms with E-state index >= 15 is 0 Å². The molecule has 0 unspecified atom stereocenters. The molecule has 14 heteroatoms. The molecule has 3 aromatic heterocycles.